The van der Waals surface area contributed by atoms with Crippen LogP contribution < -0.4 is 10.6 Å². The Kier molecular flexibility index (Phi) is 3.88. The molecule has 6 heteroatoms. The minimum atomic E-state index is -0.190. The summed E-state index contributed by atoms with van der Waals surface area (Å²) in [4.78, 5) is 13.4. The highest BCUT2D eigenvalue weighted by Crippen LogP contribution is 2.35. The van der Waals surface area contributed by atoms with Gasteiger partial charge in [-0.3, -0.25) is 10.00 Å². The van der Waals surface area contributed by atoms with Crippen LogP contribution in [0, 0.1) is 6.92 Å². The van der Waals surface area contributed by atoms with E-state index in [1.807, 2.05) is 43.9 Å². The third-order valence-corrected chi connectivity index (χ3v) is 4.63. The van der Waals surface area contributed by atoms with Crippen molar-refractivity contribution in [3.05, 3.63) is 41.6 Å². The molecule has 1 aromatic heterocycles. The summed E-state index contributed by atoms with van der Waals surface area (Å²) in [7, 11) is 1.81. The molecule has 3 rings (SSSR count). The number of hydrogen-bond donors (Lipinski definition) is 2. The lowest BCUT2D eigenvalue weighted by Gasteiger charge is -2.25. The van der Waals surface area contributed by atoms with Gasteiger partial charge < -0.3 is 5.32 Å². The lowest BCUT2D eigenvalue weighted by atomic mass is 10.0. The SMILES string of the molecule is Cc1cc(NC(=O)N[C@@H]2CCSc3ccccc32)n(C)n1. The number of nitrogens with zero attached hydrogens (tertiary/aromatic N) is 2. The number of carbonyl (C=O) groups is 1. The third kappa shape index (κ3) is 3.05. The van der Waals surface area contributed by atoms with E-state index in [0.29, 0.717) is 5.82 Å². The van der Waals surface area contributed by atoms with Crippen molar-refractivity contribution < 1.29 is 4.79 Å². The molecule has 0 radical (unpaired) electrons. The molecule has 0 saturated heterocycles. The van der Waals surface area contributed by atoms with Crippen LogP contribution in [0.5, 0.6) is 0 Å². The van der Waals surface area contributed by atoms with E-state index < -0.39 is 0 Å². The molecule has 2 N–H and O–H groups in total. The highest BCUT2D eigenvalue weighted by molar-refractivity contribution is 7.99. The highest BCUT2D eigenvalue weighted by Gasteiger charge is 2.22. The normalized spacial score (nSPS) is 17.1. The zero-order valence-corrected chi connectivity index (χ0v) is 12.9. The van der Waals surface area contributed by atoms with Crippen molar-refractivity contribution >= 4 is 23.6 Å². The molecular weight excluding hydrogens is 284 g/mol. The molecule has 2 aromatic rings. The lowest BCUT2D eigenvalue weighted by molar-refractivity contribution is 0.248. The second kappa shape index (κ2) is 5.81. The van der Waals surface area contributed by atoms with Gasteiger partial charge in [-0.25, -0.2) is 4.79 Å². The quantitative estimate of drug-likeness (QED) is 0.896. The highest BCUT2D eigenvalue weighted by atomic mass is 32.2. The zero-order valence-electron chi connectivity index (χ0n) is 12.1. The van der Waals surface area contributed by atoms with Crippen molar-refractivity contribution in [1.82, 2.24) is 15.1 Å². The van der Waals surface area contributed by atoms with E-state index in [1.54, 1.807) is 4.68 Å². The average Bonchev–Trinajstić information content (AvgIpc) is 2.77. The van der Waals surface area contributed by atoms with E-state index in [1.165, 1.54) is 10.5 Å². The van der Waals surface area contributed by atoms with Gasteiger partial charge >= 0.3 is 6.03 Å². The molecule has 1 aromatic carbocycles. The molecule has 2 amide bonds. The molecule has 5 nitrogen and oxygen atoms in total. The number of hydrogen-bond acceptors (Lipinski definition) is 3. The molecular formula is C15H18N4OS. The van der Waals surface area contributed by atoms with Crippen LogP contribution in [0.15, 0.2) is 35.2 Å². The summed E-state index contributed by atoms with van der Waals surface area (Å²) in [6.07, 6.45) is 0.944. The predicted octanol–water partition coefficient (Wildman–Crippen LogP) is 3.09. The van der Waals surface area contributed by atoms with Gasteiger partial charge in [-0.05, 0) is 25.0 Å². The van der Waals surface area contributed by atoms with Crippen LogP contribution in [0.3, 0.4) is 0 Å². The van der Waals surface area contributed by atoms with Gasteiger partial charge in [0.1, 0.15) is 5.82 Å². The van der Waals surface area contributed by atoms with Crippen LogP contribution in [-0.4, -0.2) is 21.6 Å². The number of urea groups is 1. The van der Waals surface area contributed by atoms with E-state index in [-0.39, 0.29) is 12.1 Å². The Morgan fingerprint density at radius 2 is 2.24 bits per heavy atom. The summed E-state index contributed by atoms with van der Waals surface area (Å²) in [5.74, 6) is 1.72. The number of benzene rings is 1. The fourth-order valence-electron chi connectivity index (χ4n) is 2.53. The molecule has 2 heterocycles. The van der Waals surface area contributed by atoms with Crippen LogP contribution in [0.1, 0.15) is 23.7 Å². The number of anilines is 1. The molecule has 1 aliphatic heterocycles. The molecule has 0 fully saturated rings. The lowest BCUT2D eigenvalue weighted by Crippen LogP contribution is -2.34. The standard InChI is InChI=1S/C15H18N4OS/c1-10-9-14(19(2)18-10)17-15(20)16-12-7-8-21-13-6-4-3-5-11(12)13/h3-6,9,12H,7-8H2,1-2H3,(H2,16,17,20)/t12-/m1/s1. The van der Waals surface area contributed by atoms with Gasteiger partial charge in [0, 0.05) is 23.8 Å². The molecule has 0 saturated carbocycles. The molecule has 0 spiro atoms. The minimum Gasteiger partial charge on any atom is -0.331 e. The Hall–Kier alpha value is -1.95. The number of aromatic nitrogens is 2. The topological polar surface area (TPSA) is 59.0 Å². The maximum absolute atomic E-state index is 12.2. The van der Waals surface area contributed by atoms with Crippen molar-refractivity contribution in [2.45, 2.75) is 24.3 Å². The van der Waals surface area contributed by atoms with Gasteiger partial charge in [0.05, 0.1) is 11.7 Å². The van der Waals surface area contributed by atoms with Crippen molar-refractivity contribution in [3.8, 4) is 0 Å². The van der Waals surface area contributed by atoms with E-state index in [0.717, 1.165) is 17.9 Å². The number of carbonyl (C=O) groups excluding carboxylic acids is 1. The first-order valence-corrected chi connectivity index (χ1v) is 7.92. The van der Waals surface area contributed by atoms with Crippen LogP contribution in [0.2, 0.25) is 0 Å². The molecule has 110 valence electrons. The maximum atomic E-state index is 12.2. The number of nitrogens with one attached hydrogen (secondary N) is 2. The zero-order chi connectivity index (χ0) is 14.8. The molecule has 21 heavy (non-hydrogen) atoms. The first-order valence-electron chi connectivity index (χ1n) is 6.93. The van der Waals surface area contributed by atoms with E-state index in [2.05, 4.69) is 27.9 Å². The first-order chi connectivity index (χ1) is 10.1. The van der Waals surface area contributed by atoms with E-state index in [4.69, 9.17) is 0 Å². The third-order valence-electron chi connectivity index (χ3n) is 3.51. The van der Waals surface area contributed by atoms with Gasteiger partial charge in [0.2, 0.25) is 0 Å². The minimum absolute atomic E-state index is 0.0665. The second-order valence-electron chi connectivity index (χ2n) is 5.12. The van der Waals surface area contributed by atoms with Gasteiger partial charge in [0.15, 0.2) is 0 Å². The Bertz CT molecular complexity index is 667. The summed E-state index contributed by atoms with van der Waals surface area (Å²) in [6.45, 7) is 1.90. The van der Waals surface area contributed by atoms with Gasteiger partial charge in [-0.1, -0.05) is 18.2 Å². The largest absolute Gasteiger partial charge is 0.331 e. The Labute approximate surface area is 128 Å². The monoisotopic (exact) mass is 302 g/mol. The van der Waals surface area contributed by atoms with Crippen molar-refractivity contribution in [3.63, 3.8) is 0 Å². The average molecular weight is 302 g/mol. The van der Waals surface area contributed by atoms with Gasteiger partial charge in [-0.15, -0.1) is 11.8 Å². The Morgan fingerprint density at radius 3 is 3.00 bits per heavy atom. The smallest absolute Gasteiger partial charge is 0.320 e. The van der Waals surface area contributed by atoms with Crippen LogP contribution in [0.4, 0.5) is 10.6 Å². The Morgan fingerprint density at radius 1 is 1.43 bits per heavy atom. The number of aryl methyl sites for hydroxylation is 2. The fourth-order valence-corrected chi connectivity index (χ4v) is 3.66. The van der Waals surface area contributed by atoms with Crippen molar-refractivity contribution in [1.29, 1.82) is 0 Å². The molecule has 0 unspecified atom stereocenters. The molecule has 0 aliphatic carbocycles. The van der Waals surface area contributed by atoms with Crippen LogP contribution in [-0.2, 0) is 7.05 Å². The maximum Gasteiger partial charge on any atom is 0.320 e. The van der Waals surface area contributed by atoms with Crippen LogP contribution >= 0.6 is 11.8 Å². The van der Waals surface area contributed by atoms with Crippen LogP contribution in [0.25, 0.3) is 0 Å². The summed E-state index contributed by atoms with van der Waals surface area (Å²) in [6, 6.07) is 9.97. The van der Waals surface area contributed by atoms with Gasteiger partial charge in [0.25, 0.3) is 0 Å². The summed E-state index contributed by atoms with van der Waals surface area (Å²) in [5, 5.41) is 10.1. The fraction of sp³-hybridized carbons (Fsp3) is 0.333. The molecule has 1 atom stereocenters. The number of fused-ring (bicyclic) bond motifs is 1. The molecule has 0 bridgehead atoms. The van der Waals surface area contributed by atoms with E-state index in [9.17, 15) is 4.79 Å². The van der Waals surface area contributed by atoms with Crippen molar-refractivity contribution in [2.24, 2.45) is 7.05 Å². The number of thioether (sulfide) groups is 1. The van der Waals surface area contributed by atoms with E-state index >= 15 is 0 Å². The van der Waals surface area contributed by atoms with Crippen molar-refractivity contribution in [2.75, 3.05) is 11.1 Å². The summed E-state index contributed by atoms with van der Waals surface area (Å²) < 4.78 is 1.67. The van der Waals surface area contributed by atoms with Gasteiger partial charge in [-0.2, -0.15) is 5.10 Å². The molecule has 1 aliphatic rings. The number of rotatable bonds is 2. The number of amides is 2. The first kappa shape index (κ1) is 14.0. The summed E-state index contributed by atoms with van der Waals surface area (Å²) >= 11 is 1.84. The Balaban J connectivity index is 1.70. The second-order valence-corrected chi connectivity index (χ2v) is 6.26. The predicted molar refractivity (Wildman–Crippen MR) is 84.6 cm³/mol. The summed E-state index contributed by atoms with van der Waals surface area (Å²) in [5.41, 5.74) is 2.08.